The summed E-state index contributed by atoms with van der Waals surface area (Å²) in [7, 11) is 0. The number of aromatic nitrogens is 2. The fraction of sp³-hybridized carbons (Fsp3) is 0.429. The first-order valence-electron chi connectivity index (χ1n) is 6.52. The average molecular weight is 260 g/mol. The Bertz CT molecular complexity index is 547. The Balaban J connectivity index is 1.89. The topological polar surface area (TPSA) is 57.4 Å². The third kappa shape index (κ3) is 2.46. The lowest BCUT2D eigenvalue weighted by molar-refractivity contribution is 0.192. The highest BCUT2D eigenvalue weighted by atomic mass is 16.5. The molecule has 0 N–H and O–H groups in total. The molecule has 1 aromatic heterocycles. The van der Waals surface area contributed by atoms with Crippen molar-refractivity contribution in [1.82, 2.24) is 10.1 Å². The highest BCUT2D eigenvalue weighted by molar-refractivity contribution is 5.62. The van der Waals surface area contributed by atoms with Gasteiger partial charge in [-0.25, -0.2) is 0 Å². The van der Waals surface area contributed by atoms with Gasteiger partial charge in [-0.2, -0.15) is 4.98 Å². The summed E-state index contributed by atoms with van der Waals surface area (Å²) in [6, 6.07) is 7.69. The van der Waals surface area contributed by atoms with Crippen molar-refractivity contribution in [3.63, 3.8) is 0 Å². The van der Waals surface area contributed by atoms with E-state index in [0.29, 0.717) is 19.1 Å². The second-order valence-electron chi connectivity index (χ2n) is 4.45. The van der Waals surface area contributed by atoms with Crippen LogP contribution >= 0.6 is 0 Å². The minimum atomic E-state index is 0.247. The molecule has 0 bridgehead atoms. The lowest BCUT2D eigenvalue weighted by Gasteiger charge is -2.05. The molecule has 3 rings (SSSR count). The Kier molecular flexibility index (Phi) is 3.46. The van der Waals surface area contributed by atoms with Crippen LogP contribution in [0.5, 0.6) is 5.75 Å². The lowest BCUT2D eigenvalue weighted by atomic mass is 10.1. The summed E-state index contributed by atoms with van der Waals surface area (Å²) in [5.74, 6) is 2.24. The van der Waals surface area contributed by atoms with Gasteiger partial charge in [-0.1, -0.05) is 17.3 Å². The van der Waals surface area contributed by atoms with Gasteiger partial charge in [-0.05, 0) is 25.5 Å². The van der Waals surface area contributed by atoms with E-state index < -0.39 is 0 Å². The summed E-state index contributed by atoms with van der Waals surface area (Å²) in [6.07, 6.45) is 0.950. The number of nitrogens with zero attached hydrogens (tertiary/aromatic N) is 2. The zero-order valence-corrected chi connectivity index (χ0v) is 10.8. The number of hydrogen-bond acceptors (Lipinski definition) is 5. The van der Waals surface area contributed by atoms with Crippen LogP contribution in [-0.2, 0) is 4.74 Å². The molecular weight excluding hydrogens is 244 g/mol. The molecule has 0 amide bonds. The maximum atomic E-state index is 5.57. The molecule has 0 aliphatic carbocycles. The van der Waals surface area contributed by atoms with Crippen molar-refractivity contribution in [3.8, 4) is 17.2 Å². The SMILES string of the molecule is CCOc1ccccc1-c1nc([C@@H]2CCOC2)no1. The van der Waals surface area contributed by atoms with Gasteiger partial charge in [0.25, 0.3) is 5.89 Å². The lowest BCUT2D eigenvalue weighted by Crippen LogP contribution is -1.99. The first-order valence-corrected chi connectivity index (χ1v) is 6.52. The predicted octanol–water partition coefficient (Wildman–Crippen LogP) is 2.64. The standard InChI is InChI=1S/C14H16N2O3/c1-2-18-12-6-4-3-5-11(12)14-15-13(16-19-14)10-7-8-17-9-10/h3-6,10H,2,7-9H2,1H3/t10-/m1/s1. The highest BCUT2D eigenvalue weighted by Gasteiger charge is 2.24. The predicted molar refractivity (Wildman–Crippen MR) is 69.1 cm³/mol. The van der Waals surface area contributed by atoms with Crippen LogP contribution in [0.4, 0.5) is 0 Å². The maximum Gasteiger partial charge on any atom is 0.261 e. The molecule has 2 aromatic rings. The van der Waals surface area contributed by atoms with Crippen LogP contribution in [-0.4, -0.2) is 30.0 Å². The molecule has 1 fully saturated rings. The smallest absolute Gasteiger partial charge is 0.261 e. The Morgan fingerprint density at radius 2 is 2.26 bits per heavy atom. The minimum Gasteiger partial charge on any atom is -0.493 e. The van der Waals surface area contributed by atoms with Crippen molar-refractivity contribution < 1.29 is 14.0 Å². The molecule has 1 atom stereocenters. The summed E-state index contributed by atoms with van der Waals surface area (Å²) in [5.41, 5.74) is 0.835. The van der Waals surface area contributed by atoms with Crippen molar-refractivity contribution in [2.75, 3.05) is 19.8 Å². The summed E-state index contributed by atoms with van der Waals surface area (Å²) < 4.78 is 16.3. The van der Waals surface area contributed by atoms with Crippen LogP contribution in [0.3, 0.4) is 0 Å². The molecule has 0 unspecified atom stereocenters. The molecule has 0 saturated carbocycles. The van der Waals surface area contributed by atoms with Gasteiger partial charge in [0.05, 0.1) is 18.8 Å². The number of benzene rings is 1. The van der Waals surface area contributed by atoms with Crippen LogP contribution in [0.15, 0.2) is 28.8 Å². The molecule has 5 heteroatoms. The second-order valence-corrected chi connectivity index (χ2v) is 4.45. The Morgan fingerprint density at radius 1 is 1.37 bits per heavy atom. The molecule has 2 heterocycles. The van der Waals surface area contributed by atoms with Crippen molar-refractivity contribution in [3.05, 3.63) is 30.1 Å². The monoisotopic (exact) mass is 260 g/mol. The van der Waals surface area contributed by atoms with Gasteiger partial charge in [0, 0.05) is 12.5 Å². The Hall–Kier alpha value is -1.88. The average Bonchev–Trinajstić information content (AvgIpc) is 3.11. The van der Waals surface area contributed by atoms with E-state index in [1.807, 2.05) is 31.2 Å². The van der Waals surface area contributed by atoms with Crippen LogP contribution in [0.1, 0.15) is 25.1 Å². The molecule has 0 spiro atoms. The molecule has 5 nitrogen and oxygen atoms in total. The third-order valence-electron chi connectivity index (χ3n) is 3.15. The summed E-state index contributed by atoms with van der Waals surface area (Å²) >= 11 is 0. The first-order chi connectivity index (χ1) is 9.38. The molecular formula is C14H16N2O3. The van der Waals surface area contributed by atoms with Crippen LogP contribution in [0, 0.1) is 0 Å². The van der Waals surface area contributed by atoms with E-state index in [-0.39, 0.29) is 5.92 Å². The zero-order chi connectivity index (χ0) is 13.1. The van der Waals surface area contributed by atoms with Gasteiger partial charge in [-0.3, -0.25) is 0 Å². The fourth-order valence-electron chi connectivity index (χ4n) is 2.17. The number of hydrogen-bond donors (Lipinski definition) is 0. The summed E-state index contributed by atoms with van der Waals surface area (Å²) in [5, 5.41) is 4.05. The van der Waals surface area contributed by atoms with Crippen molar-refractivity contribution in [2.24, 2.45) is 0 Å². The number of ether oxygens (including phenoxy) is 2. The van der Waals surface area contributed by atoms with Crippen molar-refractivity contribution in [1.29, 1.82) is 0 Å². The minimum absolute atomic E-state index is 0.247. The van der Waals surface area contributed by atoms with Gasteiger partial charge >= 0.3 is 0 Å². The van der Waals surface area contributed by atoms with E-state index in [2.05, 4.69) is 10.1 Å². The van der Waals surface area contributed by atoms with Crippen molar-refractivity contribution >= 4 is 0 Å². The van der Waals surface area contributed by atoms with Gasteiger partial charge in [0.2, 0.25) is 0 Å². The van der Waals surface area contributed by atoms with Crippen LogP contribution in [0.25, 0.3) is 11.5 Å². The van der Waals surface area contributed by atoms with Crippen LogP contribution < -0.4 is 4.74 Å². The molecule has 0 radical (unpaired) electrons. The van der Waals surface area contributed by atoms with Crippen LogP contribution in [0.2, 0.25) is 0 Å². The van der Waals surface area contributed by atoms with E-state index >= 15 is 0 Å². The maximum absolute atomic E-state index is 5.57. The fourth-order valence-corrected chi connectivity index (χ4v) is 2.17. The molecule has 19 heavy (non-hydrogen) atoms. The first kappa shape index (κ1) is 12.2. The molecule has 1 aliphatic rings. The largest absolute Gasteiger partial charge is 0.493 e. The van der Waals surface area contributed by atoms with E-state index in [9.17, 15) is 0 Å². The van der Waals surface area contributed by atoms with Gasteiger partial charge in [0.15, 0.2) is 5.82 Å². The Labute approximate surface area is 111 Å². The third-order valence-corrected chi connectivity index (χ3v) is 3.15. The second kappa shape index (κ2) is 5.40. The summed E-state index contributed by atoms with van der Waals surface area (Å²) in [6.45, 7) is 4.00. The van der Waals surface area contributed by atoms with E-state index in [0.717, 1.165) is 30.2 Å². The van der Waals surface area contributed by atoms with Crippen molar-refractivity contribution in [2.45, 2.75) is 19.3 Å². The molecule has 1 aromatic carbocycles. The van der Waals surface area contributed by atoms with E-state index in [1.165, 1.54) is 0 Å². The molecule has 100 valence electrons. The van der Waals surface area contributed by atoms with E-state index in [1.54, 1.807) is 0 Å². The van der Waals surface area contributed by atoms with E-state index in [4.69, 9.17) is 14.0 Å². The normalized spacial score (nSPS) is 18.7. The molecule has 1 aliphatic heterocycles. The highest BCUT2D eigenvalue weighted by Crippen LogP contribution is 2.30. The van der Waals surface area contributed by atoms with Gasteiger partial charge in [0.1, 0.15) is 5.75 Å². The zero-order valence-electron chi connectivity index (χ0n) is 10.8. The number of para-hydroxylation sites is 1. The number of rotatable bonds is 4. The quantitative estimate of drug-likeness (QED) is 0.845. The van der Waals surface area contributed by atoms with Gasteiger partial charge in [-0.15, -0.1) is 0 Å². The molecule has 1 saturated heterocycles. The summed E-state index contributed by atoms with van der Waals surface area (Å²) in [4.78, 5) is 4.47. The Morgan fingerprint density at radius 3 is 3.05 bits per heavy atom. The van der Waals surface area contributed by atoms with Gasteiger partial charge < -0.3 is 14.0 Å².